The molecule has 3 rings (SSSR count). The number of fused-ring (bicyclic) bond motifs is 1. The van der Waals surface area contributed by atoms with Crippen LogP contribution < -0.4 is 5.32 Å². The zero-order valence-corrected chi connectivity index (χ0v) is 12.4. The number of thiazole rings is 1. The number of rotatable bonds is 5. The summed E-state index contributed by atoms with van der Waals surface area (Å²) in [6, 6.07) is 17.0. The van der Waals surface area contributed by atoms with Crippen LogP contribution in [-0.2, 0) is 13.0 Å². The predicted molar refractivity (Wildman–Crippen MR) is 86.2 cm³/mol. The first kappa shape index (κ1) is 13.3. The third-order valence-electron chi connectivity index (χ3n) is 3.29. The van der Waals surface area contributed by atoms with Crippen LogP contribution in [0.25, 0.3) is 10.2 Å². The number of hydrogen-bond acceptors (Lipinski definition) is 3. The Hall–Kier alpha value is -1.71. The standard InChI is InChI=1S/C17H18N2S/c1-13-5-4-6-14(11-13)9-10-18-12-17-19-15-7-2-3-8-16(15)20-17/h2-8,11,18H,9-10,12H2,1H3. The molecule has 0 spiro atoms. The lowest BCUT2D eigenvalue weighted by atomic mass is 10.1. The van der Waals surface area contributed by atoms with Crippen LogP contribution >= 0.6 is 11.3 Å². The second kappa shape index (κ2) is 6.16. The number of hydrogen-bond donors (Lipinski definition) is 1. The molecule has 0 unspecified atom stereocenters. The van der Waals surface area contributed by atoms with Gasteiger partial charge in [0.25, 0.3) is 0 Å². The maximum Gasteiger partial charge on any atom is 0.108 e. The molecule has 102 valence electrons. The van der Waals surface area contributed by atoms with Crippen molar-refractivity contribution in [3.05, 3.63) is 64.7 Å². The third-order valence-corrected chi connectivity index (χ3v) is 4.32. The van der Waals surface area contributed by atoms with Crippen molar-refractivity contribution in [1.82, 2.24) is 10.3 Å². The Labute approximate surface area is 123 Å². The molecule has 20 heavy (non-hydrogen) atoms. The van der Waals surface area contributed by atoms with Crippen LogP contribution in [0.15, 0.2) is 48.5 Å². The van der Waals surface area contributed by atoms with Gasteiger partial charge in [-0.25, -0.2) is 4.98 Å². The maximum absolute atomic E-state index is 4.63. The largest absolute Gasteiger partial charge is 0.310 e. The van der Waals surface area contributed by atoms with Gasteiger partial charge >= 0.3 is 0 Å². The predicted octanol–water partition coefficient (Wildman–Crippen LogP) is 3.94. The lowest BCUT2D eigenvalue weighted by Gasteiger charge is -2.03. The van der Waals surface area contributed by atoms with Crippen LogP contribution in [0.4, 0.5) is 0 Å². The molecule has 3 heteroatoms. The van der Waals surface area contributed by atoms with Gasteiger partial charge in [-0.1, -0.05) is 42.0 Å². The molecule has 2 aromatic carbocycles. The van der Waals surface area contributed by atoms with Gasteiger partial charge < -0.3 is 5.32 Å². The molecule has 0 aliphatic carbocycles. The Kier molecular flexibility index (Phi) is 4.09. The Morgan fingerprint density at radius 3 is 2.85 bits per heavy atom. The van der Waals surface area contributed by atoms with E-state index < -0.39 is 0 Å². The minimum absolute atomic E-state index is 0.852. The highest BCUT2D eigenvalue weighted by Gasteiger charge is 2.02. The summed E-state index contributed by atoms with van der Waals surface area (Å²) in [6.45, 7) is 3.97. The summed E-state index contributed by atoms with van der Waals surface area (Å²) >= 11 is 1.77. The summed E-state index contributed by atoms with van der Waals surface area (Å²) in [7, 11) is 0. The molecule has 2 nitrogen and oxygen atoms in total. The van der Waals surface area contributed by atoms with E-state index >= 15 is 0 Å². The topological polar surface area (TPSA) is 24.9 Å². The van der Waals surface area contributed by atoms with E-state index in [1.165, 1.54) is 15.8 Å². The van der Waals surface area contributed by atoms with E-state index in [1.54, 1.807) is 11.3 Å². The van der Waals surface area contributed by atoms with E-state index in [1.807, 2.05) is 6.07 Å². The molecule has 0 saturated heterocycles. The van der Waals surface area contributed by atoms with E-state index in [-0.39, 0.29) is 0 Å². The first-order chi connectivity index (χ1) is 9.81. The van der Waals surface area contributed by atoms with Crippen molar-refractivity contribution in [2.24, 2.45) is 0 Å². The molecule has 3 aromatic rings. The monoisotopic (exact) mass is 282 g/mol. The van der Waals surface area contributed by atoms with Crippen LogP contribution in [0.5, 0.6) is 0 Å². The molecule has 0 amide bonds. The van der Waals surface area contributed by atoms with Gasteiger partial charge in [0.1, 0.15) is 5.01 Å². The van der Waals surface area contributed by atoms with Gasteiger partial charge in [0, 0.05) is 6.54 Å². The van der Waals surface area contributed by atoms with Crippen molar-refractivity contribution >= 4 is 21.6 Å². The summed E-state index contributed by atoms with van der Waals surface area (Å²) < 4.78 is 1.27. The van der Waals surface area contributed by atoms with Crippen molar-refractivity contribution in [1.29, 1.82) is 0 Å². The molecular formula is C17H18N2S. The summed E-state index contributed by atoms with van der Waals surface area (Å²) in [4.78, 5) is 4.63. The first-order valence-corrected chi connectivity index (χ1v) is 7.73. The van der Waals surface area contributed by atoms with E-state index in [0.29, 0.717) is 0 Å². The number of aromatic nitrogens is 1. The van der Waals surface area contributed by atoms with Crippen LogP contribution in [0, 0.1) is 6.92 Å². The summed E-state index contributed by atoms with van der Waals surface area (Å²) in [5.74, 6) is 0. The van der Waals surface area contributed by atoms with Gasteiger partial charge in [0.05, 0.1) is 10.2 Å². The fourth-order valence-corrected chi connectivity index (χ4v) is 3.23. The maximum atomic E-state index is 4.63. The Balaban J connectivity index is 1.52. The Bertz CT molecular complexity index is 670. The second-order valence-electron chi connectivity index (χ2n) is 4.99. The zero-order chi connectivity index (χ0) is 13.8. The lowest BCUT2D eigenvalue weighted by Crippen LogP contribution is -2.16. The van der Waals surface area contributed by atoms with E-state index in [0.717, 1.165) is 30.0 Å². The van der Waals surface area contributed by atoms with Crippen molar-refractivity contribution in [2.75, 3.05) is 6.54 Å². The van der Waals surface area contributed by atoms with Crippen LogP contribution in [0.3, 0.4) is 0 Å². The highest BCUT2D eigenvalue weighted by molar-refractivity contribution is 7.18. The summed E-state index contributed by atoms with van der Waals surface area (Å²) in [5, 5.41) is 4.64. The van der Waals surface area contributed by atoms with Gasteiger partial charge in [-0.2, -0.15) is 0 Å². The molecule has 0 aliphatic heterocycles. The quantitative estimate of drug-likeness (QED) is 0.717. The Morgan fingerprint density at radius 2 is 2.00 bits per heavy atom. The molecule has 0 atom stereocenters. The molecule has 1 heterocycles. The summed E-state index contributed by atoms with van der Waals surface area (Å²) in [5.41, 5.74) is 3.82. The minimum atomic E-state index is 0.852. The molecular weight excluding hydrogens is 264 g/mol. The van der Waals surface area contributed by atoms with E-state index in [4.69, 9.17) is 0 Å². The van der Waals surface area contributed by atoms with Gasteiger partial charge in [0.15, 0.2) is 0 Å². The minimum Gasteiger partial charge on any atom is -0.310 e. The van der Waals surface area contributed by atoms with Gasteiger partial charge in [-0.15, -0.1) is 11.3 Å². The van der Waals surface area contributed by atoms with E-state index in [2.05, 4.69) is 59.7 Å². The van der Waals surface area contributed by atoms with Crippen molar-refractivity contribution in [3.63, 3.8) is 0 Å². The molecule has 0 radical (unpaired) electrons. The SMILES string of the molecule is Cc1cccc(CCNCc2nc3ccccc3s2)c1. The average molecular weight is 282 g/mol. The highest BCUT2D eigenvalue weighted by atomic mass is 32.1. The first-order valence-electron chi connectivity index (χ1n) is 6.92. The van der Waals surface area contributed by atoms with Crippen molar-refractivity contribution in [3.8, 4) is 0 Å². The molecule has 0 bridgehead atoms. The second-order valence-corrected chi connectivity index (χ2v) is 6.11. The fraction of sp³-hybridized carbons (Fsp3) is 0.235. The number of nitrogens with zero attached hydrogens (tertiary/aromatic N) is 1. The van der Waals surface area contributed by atoms with Crippen LogP contribution in [0.2, 0.25) is 0 Å². The number of aryl methyl sites for hydroxylation is 1. The van der Waals surface area contributed by atoms with Crippen molar-refractivity contribution in [2.45, 2.75) is 19.9 Å². The molecule has 0 fully saturated rings. The smallest absolute Gasteiger partial charge is 0.108 e. The van der Waals surface area contributed by atoms with Gasteiger partial charge in [-0.3, -0.25) is 0 Å². The van der Waals surface area contributed by atoms with Crippen molar-refractivity contribution < 1.29 is 0 Å². The number of para-hydroxylation sites is 1. The normalized spacial score (nSPS) is 11.1. The molecule has 1 aromatic heterocycles. The van der Waals surface area contributed by atoms with Gasteiger partial charge in [-0.05, 0) is 37.6 Å². The summed E-state index contributed by atoms with van der Waals surface area (Å²) in [6.07, 6.45) is 1.06. The van der Waals surface area contributed by atoms with Crippen LogP contribution in [0.1, 0.15) is 16.1 Å². The number of nitrogens with one attached hydrogen (secondary N) is 1. The lowest BCUT2D eigenvalue weighted by molar-refractivity contribution is 0.685. The number of benzene rings is 2. The Morgan fingerprint density at radius 1 is 1.10 bits per heavy atom. The highest BCUT2D eigenvalue weighted by Crippen LogP contribution is 2.21. The third kappa shape index (κ3) is 3.24. The average Bonchev–Trinajstić information content (AvgIpc) is 2.86. The molecule has 0 aliphatic rings. The van der Waals surface area contributed by atoms with Gasteiger partial charge in [0.2, 0.25) is 0 Å². The zero-order valence-electron chi connectivity index (χ0n) is 11.6. The van der Waals surface area contributed by atoms with E-state index in [9.17, 15) is 0 Å². The molecule has 1 N–H and O–H groups in total. The van der Waals surface area contributed by atoms with Crippen LogP contribution in [-0.4, -0.2) is 11.5 Å². The fourth-order valence-electron chi connectivity index (χ4n) is 2.29. The molecule has 0 saturated carbocycles.